The van der Waals surface area contributed by atoms with Gasteiger partial charge in [-0.2, -0.15) is 4.98 Å². The summed E-state index contributed by atoms with van der Waals surface area (Å²) in [6.07, 6.45) is 1.01. The Hall–Kier alpha value is -1.73. The van der Waals surface area contributed by atoms with Crippen LogP contribution in [0.1, 0.15) is 22.5 Å². The Kier molecular flexibility index (Phi) is 4.03. The molecule has 0 amide bonds. The fourth-order valence-corrected chi connectivity index (χ4v) is 3.71. The second kappa shape index (κ2) is 5.95. The van der Waals surface area contributed by atoms with Crippen molar-refractivity contribution in [3.63, 3.8) is 0 Å². The molecule has 7 heteroatoms. The summed E-state index contributed by atoms with van der Waals surface area (Å²) in [5.74, 6) is 1.51. The molecular formula is C14H17N5S2. The molecule has 0 saturated heterocycles. The number of thiazole rings is 1. The van der Waals surface area contributed by atoms with E-state index >= 15 is 0 Å². The van der Waals surface area contributed by atoms with Crippen molar-refractivity contribution in [3.8, 4) is 0 Å². The van der Waals surface area contributed by atoms with Crippen LogP contribution in [0.15, 0.2) is 11.4 Å². The lowest BCUT2D eigenvalue weighted by atomic mass is 10.3. The van der Waals surface area contributed by atoms with E-state index in [9.17, 15) is 0 Å². The first-order chi connectivity index (χ1) is 10.2. The smallest absolute Gasteiger partial charge is 0.225 e. The first-order valence-corrected chi connectivity index (χ1v) is 8.52. The third-order valence-corrected chi connectivity index (χ3v) is 5.23. The van der Waals surface area contributed by atoms with Gasteiger partial charge in [-0.25, -0.2) is 9.97 Å². The number of fused-ring (bicyclic) bond motifs is 1. The van der Waals surface area contributed by atoms with E-state index in [1.54, 1.807) is 22.7 Å². The summed E-state index contributed by atoms with van der Waals surface area (Å²) in [6.45, 7) is 4.85. The molecule has 0 bridgehead atoms. The van der Waals surface area contributed by atoms with E-state index in [1.165, 1.54) is 4.88 Å². The molecule has 3 aromatic heterocycles. The summed E-state index contributed by atoms with van der Waals surface area (Å²) in [5.41, 5.74) is 1.06. The summed E-state index contributed by atoms with van der Waals surface area (Å²) >= 11 is 3.39. The lowest BCUT2D eigenvalue weighted by molar-refractivity contribution is 1.06. The van der Waals surface area contributed by atoms with Crippen molar-refractivity contribution in [2.45, 2.75) is 26.8 Å². The van der Waals surface area contributed by atoms with E-state index in [0.717, 1.165) is 33.2 Å². The number of nitrogens with zero attached hydrogens (tertiary/aromatic N) is 3. The molecule has 0 aliphatic rings. The molecule has 0 fully saturated rings. The van der Waals surface area contributed by atoms with Crippen molar-refractivity contribution in [1.29, 1.82) is 0 Å². The molecular weight excluding hydrogens is 302 g/mol. The Morgan fingerprint density at radius 3 is 2.76 bits per heavy atom. The molecule has 0 atom stereocenters. The zero-order valence-corrected chi connectivity index (χ0v) is 13.9. The first-order valence-electron chi connectivity index (χ1n) is 6.82. The molecule has 3 aromatic rings. The van der Waals surface area contributed by atoms with E-state index in [4.69, 9.17) is 0 Å². The van der Waals surface area contributed by atoms with Gasteiger partial charge in [-0.1, -0.05) is 6.92 Å². The maximum atomic E-state index is 4.54. The molecule has 3 heterocycles. The van der Waals surface area contributed by atoms with Crippen LogP contribution in [-0.2, 0) is 13.0 Å². The lowest BCUT2D eigenvalue weighted by Crippen LogP contribution is -2.04. The molecule has 0 aromatic carbocycles. The van der Waals surface area contributed by atoms with Crippen molar-refractivity contribution in [3.05, 3.63) is 27.0 Å². The van der Waals surface area contributed by atoms with Crippen LogP contribution in [0, 0.1) is 6.92 Å². The Morgan fingerprint density at radius 1 is 1.24 bits per heavy atom. The fraction of sp³-hybridized carbons (Fsp3) is 0.357. The minimum Gasteiger partial charge on any atom is -0.363 e. The van der Waals surface area contributed by atoms with Gasteiger partial charge in [-0.3, -0.25) is 0 Å². The summed E-state index contributed by atoms with van der Waals surface area (Å²) in [4.78, 5) is 15.9. The van der Waals surface area contributed by atoms with Crippen molar-refractivity contribution in [2.24, 2.45) is 0 Å². The van der Waals surface area contributed by atoms with Gasteiger partial charge in [0.2, 0.25) is 5.95 Å². The fourth-order valence-electron chi connectivity index (χ4n) is 2.04. The zero-order valence-electron chi connectivity index (χ0n) is 12.2. The molecule has 2 N–H and O–H groups in total. The number of anilines is 2. The zero-order chi connectivity index (χ0) is 14.8. The van der Waals surface area contributed by atoms with Crippen LogP contribution in [0.2, 0.25) is 0 Å². The molecule has 3 rings (SSSR count). The molecule has 5 nitrogen and oxygen atoms in total. The Labute approximate surface area is 131 Å². The Balaban J connectivity index is 1.93. The minimum atomic E-state index is 0.643. The van der Waals surface area contributed by atoms with E-state index in [-0.39, 0.29) is 0 Å². The monoisotopic (exact) mass is 319 g/mol. The maximum absolute atomic E-state index is 4.54. The van der Waals surface area contributed by atoms with Crippen LogP contribution in [0.5, 0.6) is 0 Å². The number of thiophene rings is 1. The van der Waals surface area contributed by atoms with Gasteiger partial charge >= 0.3 is 0 Å². The van der Waals surface area contributed by atoms with Crippen LogP contribution >= 0.6 is 22.7 Å². The summed E-state index contributed by atoms with van der Waals surface area (Å²) in [6, 6.07) is 2.18. The van der Waals surface area contributed by atoms with Crippen LogP contribution < -0.4 is 10.6 Å². The van der Waals surface area contributed by atoms with Gasteiger partial charge in [0.1, 0.15) is 15.7 Å². The summed E-state index contributed by atoms with van der Waals surface area (Å²) in [5, 5.41) is 10.6. The third kappa shape index (κ3) is 2.98. The van der Waals surface area contributed by atoms with Crippen molar-refractivity contribution in [1.82, 2.24) is 15.0 Å². The SMILES string of the molecule is CCc1cc2c(NCc3nc(C)cs3)nc(NC)nc2s1. The van der Waals surface area contributed by atoms with E-state index in [1.807, 2.05) is 14.0 Å². The van der Waals surface area contributed by atoms with Gasteiger partial charge in [0.05, 0.1) is 11.9 Å². The third-order valence-electron chi connectivity index (χ3n) is 3.09. The molecule has 110 valence electrons. The molecule has 21 heavy (non-hydrogen) atoms. The van der Waals surface area contributed by atoms with Gasteiger partial charge in [0.15, 0.2) is 0 Å². The highest BCUT2D eigenvalue weighted by atomic mass is 32.1. The molecule has 0 radical (unpaired) electrons. The predicted molar refractivity (Wildman–Crippen MR) is 90.5 cm³/mol. The topological polar surface area (TPSA) is 62.7 Å². The summed E-state index contributed by atoms with van der Waals surface area (Å²) < 4.78 is 0. The molecule has 0 aliphatic carbocycles. The highest BCUT2D eigenvalue weighted by Gasteiger charge is 2.11. The van der Waals surface area contributed by atoms with Crippen molar-refractivity contribution >= 4 is 44.7 Å². The highest BCUT2D eigenvalue weighted by Crippen LogP contribution is 2.30. The average molecular weight is 319 g/mol. The highest BCUT2D eigenvalue weighted by molar-refractivity contribution is 7.18. The predicted octanol–water partition coefficient (Wildman–Crippen LogP) is 3.67. The standard InChI is InChI=1S/C14H17N5S2/c1-4-9-5-10-12(16-6-11-17-8(2)7-20-11)18-14(15-3)19-13(10)21-9/h5,7H,4,6H2,1-3H3,(H2,15,16,18,19). The molecule has 0 aliphatic heterocycles. The van der Waals surface area contributed by atoms with E-state index in [0.29, 0.717) is 12.5 Å². The largest absolute Gasteiger partial charge is 0.363 e. The van der Waals surface area contributed by atoms with Gasteiger partial charge in [0, 0.05) is 23.0 Å². The maximum Gasteiger partial charge on any atom is 0.225 e. The van der Waals surface area contributed by atoms with Crippen LogP contribution in [0.3, 0.4) is 0 Å². The number of hydrogen-bond acceptors (Lipinski definition) is 7. The van der Waals surface area contributed by atoms with Crippen LogP contribution in [0.4, 0.5) is 11.8 Å². The lowest BCUT2D eigenvalue weighted by Gasteiger charge is -2.07. The number of hydrogen-bond donors (Lipinski definition) is 2. The average Bonchev–Trinajstić information content (AvgIpc) is 3.10. The van der Waals surface area contributed by atoms with E-state index < -0.39 is 0 Å². The number of nitrogens with one attached hydrogen (secondary N) is 2. The van der Waals surface area contributed by atoms with Crippen LogP contribution in [0.25, 0.3) is 10.2 Å². The van der Waals surface area contributed by atoms with Crippen molar-refractivity contribution < 1.29 is 0 Å². The van der Waals surface area contributed by atoms with Gasteiger partial charge in [0.25, 0.3) is 0 Å². The first kappa shape index (κ1) is 14.2. The normalized spacial score (nSPS) is 11.0. The second-order valence-electron chi connectivity index (χ2n) is 4.67. The van der Waals surface area contributed by atoms with Gasteiger partial charge in [-0.05, 0) is 19.4 Å². The molecule has 0 unspecified atom stereocenters. The Morgan fingerprint density at radius 2 is 2.10 bits per heavy atom. The molecule has 0 saturated carbocycles. The number of rotatable bonds is 5. The number of aryl methyl sites for hydroxylation is 2. The Bertz CT molecular complexity index is 762. The van der Waals surface area contributed by atoms with Crippen molar-refractivity contribution in [2.75, 3.05) is 17.7 Å². The van der Waals surface area contributed by atoms with Gasteiger partial charge in [-0.15, -0.1) is 22.7 Å². The summed E-state index contributed by atoms with van der Waals surface area (Å²) in [7, 11) is 1.84. The van der Waals surface area contributed by atoms with Gasteiger partial charge < -0.3 is 10.6 Å². The van der Waals surface area contributed by atoms with E-state index in [2.05, 4.69) is 44.0 Å². The minimum absolute atomic E-state index is 0.643. The molecule has 0 spiro atoms. The van der Waals surface area contributed by atoms with Crippen LogP contribution in [-0.4, -0.2) is 22.0 Å². The quantitative estimate of drug-likeness (QED) is 0.751. The second-order valence-corrected chi connectivity index (χ2v) is 6.72. The number of aromatic nitrogens is 3.